The van der Waals surface area contributed by atoms with Crippen LogP contribution in [0.1, 0.15) is 56.4 Å². The molecule has 2 heterocycles. The van der Waals surface area contributed by atoms with Gasteiger partial charge in [0.1, 0.15) is 0 Å². The number of amides is 1. The fourth-order valence-corrected chi connectivity index (χ4v) is 3.83. The highest BCUT2D eigenvalue weighted by molar-refractivity contribution is 5.76. The number of rotatable bonds is 5. The quantitative estimate of drug-likeness (QED) is 0.837. The maximum atomic E-state index is 12.4. The lowest BCUT2D eigenvalue weighted by molar-refractivity contribution is -0.133. The smallest absolute Gasteiger partial charge is 0.222 e. The molecule has 128 valence electrons. The van der Waals surface area contributed by atoms with Gasteiger partial charge in [0, 0.05) is 38.7 Å². The molecule has 1 saturated heterocycles. The van der Waals surface area contributed by atoms with Gasteiger partial charge in [0.05, 0.1) is 12.2 Å². The fraction of sp³-hybridized carbons (Fsp3) is 0.778. The normalized spacial score (nSPS) is 20.8. The van der Waals surface area contributed by atoms with E-state index in [1.54, 1.807) is 0 Å². The minimum absolute atomic E-state index is 0.353. The zero-order valence-corrected chi connectivity index (χ0v) is 14.3. The molecule has 1 saturated carbocycles. The first-order chi connectivity index (χ1) is 11.2. The summed E-state index contributed by atoms with van der Waals surface area (Å²) in [5, 5.41) is 3.93. The lowest BCUT2D eigenvalue weighted by atomic mass is 9.86. The molecule has 1 aromatic heterocycles. The minimum Gasteiger partial charge on any atom is -0.360 e. The van der Waals surface area contributed by atoms with Gasteiger partial charge >= 0.3 is 0 Å². The van der Waals surface area contributed by atoms with E-state index in [-0.39, 0.29) is 0 Å². The van der Waals surface area contributed by atoms with Crippen molar-refractivity contribution >= 4 is 5.91 Å². The number of aryl methyl sites for hydroxylation is 1. The highest BCUT2D eigenvalue weighted by Gasteiger charge is 2.23. The van der Waals surface area contributed by atoms with Crippen molar-refractivity contribution in [3.63, 3.8) is 0 Å². The van der Waals surface area contributed by atoms with Crippen molar-refractivity contribution in [2.75, 3.05) is 26.2 Å². The highest BCUT2D eigenvalue weighted by Crippen LogP contribution is 2.27. The summed E-state index contributed by atoms with van der Waals surface area (Å²) in [5.41, 5.74) is 0.927. The minimum atomic E-state index is 0.353. The van der Waals surface area contributed by atoms with Gasteiger partial charge in [-0.1, -0.05) is 37.3 Å². The average Bonchev–Trinajstić information content (AvgIpc) is 2.99. The van der Waals surface area contributed by atoms with E-state index in [4.69, 9.17) is 4.52 Å². The predicted octanol–water partition coefficient (Wildman–Crippen LogP) is 2.99. The van der Waals surface area contributed by atoms with E-state index in [0.717, 1.165) is 62.9 Å². The third-order valence-corrected chi connectivity index (χ3v) is 5.27. The first-order valence-electron chi connectivity index (χ1n) is 9.13. The van der Waals surface area contributed by atoms with Crippen LogP contribution in [0.3, 0.4) is 0 Å². The summed E-state index contributed by atoms with van der Waals surface area (Å²) in [7, 11) is 0. The zero-order chi connectivity index (χ0) is 16.1. The largest absolute Gasteiger partial charge is 0.360 e. The van der Waals surface area contributed by atoms with Gasteiger partial charge in [0.15, 0.2) is 5.76 Å². The summed E-state index contributed by atoms with van der Waals surface area (Å²) in [6.07, 6.45) is 8.60. The van der Waals surface area contributed by atoms with E-state index in [9.17, 15) is 4.79 Å². The Labute approximate surface area is 139 Å². The van der Waals surface area contributed by atoms with Crippen LogP contribution in [-0.4, -0.2) is 47.0 Å². The Morgan fingerprint density at radius 1 is 1.22 bits per heavy atom. The maximum Gasteiger partial charge on any atom is 0.222 e. The molecule has 1 aliphatic heterocycles. The van der Waals surface area contributed by atoms with Gasteiger partial charge < -0.3 is 9.42 Å². The number of piperazine rings is 1. The van der Waals surface area contributed by atoms with E-state index in [0.29, 0.717) is 5.91 Å². The number of hydrogen-bond donors (Lipinski definition) is 0. The molecule has 2 aliphatic rings. The molecule has 0 atom stereocenters. The molecule has 3 rings (SSSR count). The van der Waals surface area contributed by atoms with Crippen molar-refractivity contribution in [3.05, 3.63) is 17.5 Å². The van der Waals surface area contributed by atoms with Gasteiger partial charge in [-0.05, 0) is 19.3 Å². The standard InChI is InChI=1S/C18H29N3O2/c1-15-13-17(23-19-15)14-20-9-11-21(12-10-20)18(22)8-7-16-5-3-2-4-6-16/h13,16H,2-12,14H2,1H3. The Hall–Kier alpha value is -1.36. The van der Waals surface area contributed by atoms with E-state index >= 15 is 0 Å². The Kier molecular flexibility index (Phi) is 5.70. The third-order valence-electron chi connectivity index (χ3n) is 5.27. The molecule has 0 radical (unpaired) electrons. The fourth-order valence-electron chi connectivity index (χ4n) is 3.83. The van der Waals surface area contributed by atoms with Crippen molar-refractivity contribution < 1.29 is 9.32 Å². The number of carbonyl (C=O) groups is 1. The van der Waals surface area contributed by atoms with Crippen LogP contribution in [0.15, 0.2) is 10.6 Å². The van der Waals surface area contributed by atoms with Crippen LogP contribution in [0.2, 0.25) is 0 Å². The molecule has 0 bridgehead atoms. The topological polar surface area (TPSA) is 49.6 Å². The van der Waals surface area contributed by atoms with E-state index in [1.165, 1.54) is 32.1 Å². The SMILES string of the molecule is Cc1cc(CN2CCN(C(=O)CCC3CCCCC3)CC2)on1. The molecule has 1 aliphatic carbocycles. The van der Waals surface area contributed by atoms with E-state index < -0.39 is 0 Å². The first-order valence-corrected chi connectivity index (χ1v) is 9.13. The Bertz CT molecular complexity index is 500. The summed E-state index contributed by atoms with van der Waals surface area (Å²) in [4.78, 5) is 16.8. The molecular formula is C18H29N3O2. The maximum absolute atomic E-state index is 12.4. The molecule has 1 aromatic rings. The second kappa shape index (κ2) is 7.95. The van der Waals surface area contributed by atoms with Crippen molar-refractivity contribution in [2.24, 2.45) is 5.92 Å². The first kappa shape index (κ1) is 16.5. The Morgan fingerprint density at radius 2 is 1.96 bits per heavy atom. The average molecular weight is 319 g/mol. The van der Waals surface area contributed by atoms with Gasteiger partial charge in [0.2, 0.25) is 5.91 Å². The lowest BCUT2D eigenvalue weighted by Crippen LogP contribution is -2.48. The monoisotopic (exact) mass is 319 g/mol. The van der Waals surface area contributed by atoms with Gasteiger partial charge in [-0.3, -0.25) is 9.69 Å². The summed E-state index contributed by atoms with van der Waals surface area (Å²) >= 11 is 0. The summed E-state index contributed by atoms with van der Waals surface area (Å²) < 4.78 is 5.27. The van der Waals surface area contributed by atoms with Crippen molar-refractivity contribution in [1.29, 1.82) is 0 Å². The molecule has 0 N–H and O–H groups in total. The number of hydrogen-bond acceptors (Lipinski definition) is 4. The van der Waals surface area contributed by atoms with Gasteiger partial charge in [-0.2, -0.15) is 0 Å². The molecule has 23 heavy (non-hydrogen) atoms. The molecule has 0 unspecified atom stereocenters. The van der Waals surface area contributed by atoms with Crippen LogP contribution in [-0.2, 0) is 11.3 Å². The molecule has 0 spiro atoms. The molecule has 5 heteroatoms. The second-order valence-corrected chi connectivity index (χ2v) is 7.13. The summed E-state index contributed by atoms with van der Waals surface area (Å²) in [6.45, 7) is 6.28. The molecular weight excluding hydrogens is 290 g/mol. The van der Waals surface area contributed by atoms with Crippen LogP contribution in [0, 0.1) is 12.8 Å². The van der Waals surface area contributed by atoms with E-state index in [2.05, 4.69) is 10.1 Å². The third kappa shape index (κ3) is 4.80. The molecule has 2 fully saturated rings. The zero-order valence-electron chi connectivity index (χ0n) is 14.3. The van der Waals surface area contributed by atoms with Crippen molar-refractivity contribution in [1.82, 2.24) is 15.0 Å². The number of aromatic nitrogens is 1. The number of carbonyl (C=O) groups excluding carboxylic acids is 1. The van der Waals surface area contributed by atoms with Gasteiger partial charge in [-0.15, -0.1) is 0 Å². The van der Waals surface area contributed by atoms with E-state index in [1.807, 2.05) is 17.9 Å². The van der Waals surface area contributed by atoms with Crippen molar-refractivity contribution in [3.8, 4) is 0 Å². The molecule has 1 amide bonds. The van der Waals surface area contributed by atoms with Gasteiger partial charge in [0.25, 0.3) is 0 Å². The predicted molar refractivity (Wildman–Crippen MR) is 88.9 cm³/mol. The molecule has 5 nitrogen and oxygen atoms in total. The van der Waals surface area contributed by atoms with Crippen LogP contribution in [0.4, 0.5) is 0 Å². The highest BCUT2D eigenvalue weighted by atomic mass is 16.5. The summed E-state index contributed by atoms with van der Waals surface area (Å²) in [6, 6.07) is 1.99. The summed E-state index contributed by atoms with van der Waals surface area (Å²) in [5.74, 6) is 2.06. The Morgan fingerprint density at radius 3 is 2.61 bits per heavy atom. The lowest BCUT2D eigenvalue weighted by Gasteiger charge is -2.34. The van der Waals surface area contributed by atoms with Crippen LogP contribution < -0.4 is 0 Å². The van der Waals surface area contributed by atoms with Crippen LogP contribution in [0.5, 0.6) is 0 Å². The Balaban J connectivity index is 1.37. The second-order valence-electron chi connectivity index (χ2n) is 7.13. The number of nitrogens with zero attached hydrogens (tertiary/aromatic N) is 3. The van der Waals surface area contributed by atoms with Crippen LogP contribution in [0.25, 0.3) is 0 Å². The van der Waals surface area contributed by atoms with Crippen molar-refractivity contribution in [2.45, 2.75) is 58.4 Å². The molecule has 0 aromatic carbocycles. The van der Waals surface area contributed by atoms with Gasteiger partial charge in [-0.25, -0.2) is 0 Å². The van der Waals surface area contributed by atoms with Crippen LogP contribution >= 0.6 is 0 Å².